The quantitative estimate of drug-likeness (QED) is 0.813. The van der Waals surface area contributed by atoms with Gasteiger partial charge in [0.25, 0.3) is 0 Å². The molecule has 0 aliphatic rings. The van der Waals surface area contributed by atoms with Gasteiger partial charge in [-0.05, 0) is 30.7 Å². The molecular weight excluding hydrogens is 325 g/mol. The van der Waals surface area contributed by atoms with Gasteiger partial charge in [0.15, 0.2) is 0 Å². The molecule has 2 aromatic rings. The highest BCUT2D eigenvalue weighted by Gasteiger charge is 2.05. The smallest absolute Gasteiger partial charge is 0.234 e. The summed E-state index contributed by atoms with van der Waals surface area (Å²) in [6.45, 7) is 2.06. The molecule has 0 unspecified atom stereocenters. The number of amides is 1. The standard InChI is InChI=1S/C16H15Cl2NOS/c1-11-3-2-4-12(5-11)9-21-10-16(20)19-15-7-13(17)6-14(18)8-15/h2-8H,9-10H2,1H3,(H,19,20). The van der Waals surface area contributed by atoms with Gasteiger partial charge in [-0.2, -0.15) is 0 Å². The molecule has 0 heterocycles. The highest BCUT2D eigenvalue weighted by atomic mass is 35.5. The van der Waals surface area contributed by atoms with Crippen molar-refractivity contribution in [3.63, 3.8) is 0 Å². The molecule has 0 aliphatic heterocycles. The first-order valence-electron chi connectivity index (χ1n) is 6.42. The van der Waals surface area contributed by atoms with Crippen LogP contribution in [0.2, 0.25) is 10.0 Å². The number of rotatable bonds is 5. The first kappa shape index (κ1) is 16.2. The van der Waals surface area contributed by atoms with Crippen LogP contribution in [0.5, 0.6) is 0 Å². The summed E-state index contributed by atoms with van der Waals surface area (Å²) in [7, 11) is 0. The Morgan fingerprint density at radius 2 is 1.86 bits per heavy atom. The Bertz CT molecular complexity index is 626. The van der Waals surface area contributed by atoms with Crippen molar-refractivity contribution in [2.45, 2.75) is 12.7 Å². The Morgan fingerprint density at radius 1 is 1.14 bits per heavy atom. The van der Waals surface area contributed by atoms with Gasteiger partial charge in [0.05, 0.1) is 5.75 Å². The highest BCUT2D eigenvalue weighted by Crippen LogP contribution is 2.22. The zero-order chi connectivity index (χ0) is 15.2. The van der Waals surface area contributed by atoms with Gasteiger partial charge in [-0.1, -0.05) is 53.0 Å². The second kappa shape index (κ2) is 7.74. The van der Waals surface area contributed by atoms with E-state index >= 15 is 0 Å². The van der Waals surface area contributed by atoms with Crippen LogP contribution in [0.25, 0.3) is 0 Å². The molecule has 0 atom stereocenters. The van der Waals surface area contributed by atoms with E-state index < -0.39 is 0 Å². The van der Waals surface area contributed by atoms with Gasteiger partial charge in [-0.3, -0.25) is 4.79 Å². The molecule has 110 valence electrons. The van der Waals surface area contributed by atoms with Gasteiger partial charge in [0, 0.05) is 21.5 Å². The van der Waals surface area contributed by atoms with Gasteiger partial charge < -0.3 is 5.32 Å². The minimum absolute atomic E-state index is 0.0639. The van der Waals surface area contributed by atoms with Gasteiger partial charge in [0.1, 0.15) is 0 Å². The lowest BCUT2D eigenvalue weighted by Crippen LogP contribution is -2.14. The Labute approximate surface area is 138 Å². The molecule has 0 fully saturated rings. The Balaban J connectivity index is 1.82. The fourth-order valence-corrected chi connectivity index (χ4v) is 3.19. The lowest BCUT2D eigenvalue weighted by molar-refractivity contribution is -0.113. The van der Waals surface area contributed by atoms with Gasteiger partial charge in [-0.15, -0.1) is 11.8 Å². The zero-order valence-corrected chi connectivity index (χ0v) is 13.9. The van der Waals surface area contributed by atoms with E-state index in [2.05, 4.69) is 30.4 Å². The van der Waals surface area contributed by atoms with Crippen LogP contribution in [0.15, 0.2) is 42.5 Å². The van der Waals surface area contributed by atoms with E-state index in [0.717, 1.165) is 5.75 Å². The summed E-state index contributed by atoms with van der Waals surface area (Å²) in [4.78, 5) is 11.9. The molecule has 1 N–H and O–H groups in total. The lowest BCUT2D eigenvalue weighted by Gasteiger charge is -2.07. The molecule has 0 spiro atoms. The first-order chi connectivity index (χ1) is 10.0. The molecule has 0 aromatic heterocycles. The summed E-state index contributed by atoms with van der Waals surface area (Å²) in [6.07, 6.45) is 0. The fourth-order valence-electron chi connectivity index (χ4n) is 1.89. The van der Waals surface area contributed by atoms with Crippen molar-refractivity contribution >= 4 is 46.6 Å². The van der Waals surface area contributed by atoms with Crippen LogP contribution in [0.1, 0.15) is 11.1 Å². The van der Waals surface area contributed by atoms with Gasteiger partial charge >= 0.3 is 0 Å². The van der Waals surface area contributed by atoms with Crippen LogP contribution in [0.4, 0.5) is 5.69 Å². The number of halogens is 2. The number of carbonyl (C=O) groups is 1. The molecule has 2 rings (SSSR count). The van der Waals surface area contributed by atoms with Crippen LogP contribution in [0.3, 0.4) is 0 Å². The number of hydrogen-bond donors (Lipinski definition) is 1. The number of thioether (sulfide) groups is 1. The minimum atomic E-state index is -0.0639. The first-order valence-corrected chi connectivity index (χ1v) is 8.33. The maximum absolute atomic E-state index is 11.9. The summed E-state index contributed by atoms with van der Waals surface area (Å²) in [5, 5.41) is 3.80. The number of aryl methyl sites for hydroxylation is 1. The predicted molar refractivity (Wildman–Crippen MR) is 92.4 cm³/mol. The SMILES string of the molecule is Cc1cccc(CSCC(=O)Nc2cc(Cl)cc(Cl)c2)c1. The minimum Gasteiger partial charge on any atom is -0.325 e. The van der Waals surface area contributed by atoms with Gasteiger partial charge in [0.2, 0.25) is 5.91 Å². The number of hydrogen-bond acceptors (Lipinski definition) is 2. The molecule has 0 saturated carbocycles. The third-order valence-corrected chi connectivity index (χ3v) is 4.17. The highest BCUT2D eigenvalue weighted by molar-refractivity contribution is 7.99. The van der Waals surface area contributed by atoms with Crippen LogP contribution in [-0.2, 0) is 10.5 Å². The summed E-state index contributed by atoms with van der Waals surface area (Å²) in [5.74, 6) is 1.13. The van der Waals surface area contributed by atoms with E-state index in [1.807, 2.05) is 6.07 Å². The molecular formula is C16H15Cl2NOS. The van der Waals surface area contributed by atoms with E-state index in [4.69, 9.17) is 23.2 Å². The molecule has 5 heteroatoms. The summed E-state index contributed by atoms with van der Waals surface area (Å²) in [5.41, 5.74) is 3.07. The van der Waals surface area contributed by atoms with Crippen molar-refractivity contribution < 1.29 is 4.79 Å². The van der Waals surface area contributed by atoms with Crippen LogP contribution >= 0.6 is 35.0 Å². The maximum Gasteiger partial charge on any atom is 0.234 e. The monoisotopic (exact) mass is 339 g/mol. The van der Waals surface area contributed by atoms with Crippen molar-refractivity contribution in [1.82, 2.24) is 0 Å². The predicted octanol–water partition coefficient (Wildman–Crippen LogP) is 5.17. The average molecular weight is 340 g/mol. The number of anilines is 1. The Hall–Kier alpha value is -1.16. The molecule has 0 bridgehead atoms. The zero-order valence-electron chi connectivity index (χ0n) is 11.5. The van der Waals surface area contributed by atoms with Crippen molar-refractivity contribution in [2.75, 3.05) is 11.1 Å². The van der Waals surface area contributed by atoms with E-state index in [1.54, 1.807) is 30.0 Å². The molecule has 0 saturated heterocycles. The van der Waals surface area contributed by atoms with Crippen LogP contribution in [-0.4, -0.2) is 11.7 Å². The fraction of sp³-hybridized carbons (Fsp3) is 0.188. The van der Waals surface area contributed by atoms with E-state index in [9.17, 15) is 4.79 Å². The maximum atomic E-state index is 11.9. The molecule has 21 heavy (non-hydrogen) atoms. The number of benzene rings is 2. The van der Waals surface area contributed by atoms with Crippen molar-refractivity contribution in [2.24, 2.45) is 0 Å². The average Bonchev–Trinajstić information content (AvgIpc) is 2.37. The third kappa shape index (κ3) is 5.62. The molecule has 0 radical (unpaired) electrons. The number of carbonyl (C=O) groups excluding carboxylic acids is 1. The van der Waals surface area contributed by atoms with Gasteiger partial charge in [-0.25, -0.2) is 0 Å². The lowest BCUT2D eigenvalue weighted by atomic mass is 10.2. The third-order valence-electron chi connectivity index (χ3n) is 2.73. The van der Waals surface area contributed by atoms with Crippen molar-refractivity contribution in [3.05, 3.63) is 63.6 Å². The summed E-state index contributed by atoms with van der Waals surface area (Å²) in [6, 6.07) is 13.3. The van der Waals surface area contributed by atoms with Crippen molar-refractivity contribution in [3.8, 4) is 0 Å². The van der Waals surface area contributed by atoms with Crippen LogP contribution < -0.4 is 5.32 Å². The normalized spacial score (nSPS) is 10.4. The second-order valence-electron chi connectivity index (χ2n) is 4.69. The van der Waals surface area contributed by atoms with E-state index in [0.29, 0.717) is 21.5 Å². The second-order valence-corrected chi connectivity index (χ2v) is 6.55. The number of nitrogens with one attached hydrogen (secondary N) is 1. The molecule has 2 aromatic carbocycles. The van der Waals surface area contributed by atoms with E-state index in [-0.39, 0.29) is 5.91 Å². The van der Waals surface area contributed by atoms with E-state index in [1.165, 1.54) is 11.1 Å². The van der Waals surface area contributed by atoms with Crippen LogP contribution in [0, 0.1) is 6.92 Å². The molecule has 0 aliphatic carbocycles. The topological polar surface area (TPSA) is 29.1 Å². The molecule has 2 nitrogen and oxygen atoms in total. The summed E-state index contributed by atoms with van der Waals surface area (Å²) < 4.78 is 0. The Kier molecular flexibility index (Phi) is 5.97. The Morgan fingerprint density at radius 3 is 2.52 bits per heavy atom. The van der Waals surface area contributed by atoms with Crippen molar-refractivity contribution in [1.29, 1.82) is 0 Å². The largest absolute Gasteiger partial charge is 0.325 e. The molecule has 1 amide bonds. The summed E-state index contributed by atoms with van der Waals surface area (Å²) >= 11 is 13.4.